The molecule has 7 nitrogen and oxygen atoms in total. The molecule has 2 aliphatic carbocycles. The maximum absolute atomic E-state index is 4.64. The van der Waals surface area contributed by atoms with E-state index < -0.39 is 0 Å². The highest BCUT2D eigenvalue weighted by atomic mass is 15.3. The van der Waals surface area contributed by atoms with Crippen molar-refractivity contribution in [3.63, 3.8) is 0 Å². The highest BCUT2D eigenvalue weighted by Gasteiger charge is 2.45. The van der Waals surface area contributed by atoms with Gasteiger partial charge in [-0.15, -0.1) is 10.2 Å². The topological polar surface area (TPSA) is 72.1 Å². The second-order valence-corrected chi connectivity index (χ2v) is 8.10. The number of nitrogens with zero attached hydrogens (tertiary/aromatic N) is 7. The highest BCUT2D eigenvalue weighted by molar-refractivity contribution is 5.67. The van der Waals surface area contributed by atoms with E-state index in [1.165, 1.54) is 44.9 Å². The summed E-state index contributed by atoms with van der Waals surface area (Å²) in [6.45, 7) is 1.04. The van der Waals surface area contributed by atoms with Gasteiger partial charge in [0, 0.05) is 38.4 Å². The molecule has 2 fully saturated rings. The second kappa shape index (κ2) is 6.55. The van der Waals surface area contributed by atoms with Crippen LogP contribution in [0.4, 0.5) is 5.82 Å². The van der Waals surface area contributed by atoms with Crippen LogP contribution in [0, 0.1) is 11.3 Å². The summed E-state index contributed by atoms with van der Waals surface area (Å²) in [5.41, 5.74) is 2.08. The summed E-state index contributed by atoms with van der Waals surface area (Å²) in [5, 5.41) is 8.78. The standard InChI is InChI=1S/C20H25N7/c1-26(14-15-5-2-3-6-20(15)7-4-8-20)18-19-25-24-17(27(19)12-11-23-18)16-13-21-9-10-22-16/h9-13,15H,2-8,14H2,1H3. The summed E-state index contributed by atoms with van der Waals surface area (Å²) in [6.07, 6.45) is 18.5. The fourth-order valence-electron chi connectivity index (χ4n) is 5.04. The Morgan fingerprint density at radius 3 is 2.74 bits per heavy atom. The van der Waals surface area contributed by atoms with Crippen molar-refractivity contribution in [1.29, 1.82) is 0 Å². The molecule has 1 atom stereocenters. The molecule has 0 aliphatic heterocycles. The third kappa shape index (κ3) is 2.76. The first-order valence-corrected chi connectivity index (χ1v) is 9.94. The molecule has 1 spiro atoms. The van der Waals surface area contributed by atoms with Gasteiger partial charge in [-0.25, -0.2) is 9.97 Å². The molecular formula is C20H25N7. The van der Waals surface area contributed by atoms with Crippen molar-refractivity contribution in [3.8, 4) is 11.5 Å². The maximum Gasteiger partial charge on any atom is 0.204 e. The van der Waals surface area contributed by atoms with Crippen molar-refractivity contribution in [3.05, 3.63) is 31.0 Å². The van der Waals surface area contributed by atoms with Crippen LogP contribution in [0.5, 0.6) is 0 Å². The van der Waals surface area contributed by atoms with Gasteiger partial charge >= 0.3 is 0 Å². The molecule has 1 unspecified atom stereocenters. The van der Waals surface area contributed by atoms with Crippen LogP contribution in [0.2, 0.25) is 0 Å². The number of aromatic nitrogens is 6. The molecule has 0 radical (unpaired) electrons. The van der Waals surface area contributed by atoms with Crippen molar-refractivity contribution in [1.82, 2.24) is 29.5 Å². The first-order chi connectivity index (χ1) is 13.3. The Morgan fingerprint density at radius 1 is 1.07 bits per heavy atom. The lowest BCUT2D eigenvalue weighted by atomic mass is 9.55. The predicted molar refractivity (Wildman–Crippen MR) is 103 cm³/mol. The molecule has 27 heavy (non-hydrogen) atoms. The summed E-state index contributed by atoms with van der Waals surface area (Å²) in [6, 6.07) is 0. The van der Waals surface area contributed by atoms with E-state index in [-0.39, 0.29) is 0 Å². The lowest BCUT2D eigenvalue weighted by Gasteiger charge is -2.52. The van der Waals surface area contributed by atoms with Crippen LogP contribution in [-0.4, -0.2) is 43.1 Å². The lowest BCUT2D eigenvalue weighted by Crippen LogP contribution is -2.45. The molecular weight excluding hydrogens is 338 g/mol. The first kappa shape index (κ1) is 16.6. The first-order valence-electron chi connectivity index (χ1n) is 9.94. The van der Waals surface area contributed by atoms with Crippen LogP contribution in [-0.2, 0) is 0 Å². The average Bonchev–Trinajstić information content (AvgIpc) is 3.12. The summed E-state index contributed by atoms with van der Waals surface area (Å²) in [5.74, 6) is 2.35. The number of fused-ring (bicyclic) bond motifs is 1. The molecule has 2 aliphatic rings. The monoisotopic (exact) mass is 363 g/mol. The van der Waals surface area contributed by atoms with E-state index in [9.17, 15) is 0 Å². The fraction of sp³-hybridized carbons (Fsp3) is 0.550. The van der Waals surface area contributed by atoms with Gasteiger partial charge in [-0.05, 0) is 37.0 Å². The van der Waals surface area contributed by atoms with Gasteiger partial charge in [0.25, 0.3) is 0 Å². The van der Waals surface area contributed by atoms with Crippen LogP contribution in [0.25, 0.3) is 17.2 Å². The van der Waals surface area contributed by atoms with E-state index in [2.05, 4.69) is 37.1 Å². The van der Waals surface area contributed by atoms with Gasteiger partial charge in [0.05, 0.1) is 6.20 Å². The van der Waals surface area contributed by atoms with E-state index in [4.69, 9.17) is 0 Å². The van der Waals surface area contributed by atoms with Crippen LogP contribution in [0.3, 0.4) is 0 Å². The predicted octanol–water partition coefficient (Wildman–Crippen LogP) is 3.38. The molecule has 140 valence electrons. The minimum absolute atomic E-state index is 0.593. The second-order valence-electron chi connectivity index (χ2n) is 8.10. The lowest BCUT2D eigenvalue weighted by molar-refractivity contribution is 0.0113. The molecule has 0 saturated heterocycles. The molecule has 3 aromatic heterocycles. The van der Waals surface area contributed by atoms with Crippen molar-refractivity contribution in [2.24, 2.45) is 11.3 Å². The Hall–Kier alpha value is -2.57. The minimum Gasteiger partial charge on any atom is -0.356 e. The SMILES string of the molecule is CN(CC1CCCCC12CCC2)c1nccn2c(-c3cnccn3)nnc12. The van der Waals surface area contributed by atoms with E-state index in [0.29, 0.717) is 16.9 Å². The van der Waals surface area contributed by atoms with Gasteiger partial charge in [0.15, 0.2) is 11.6 Å². The Bertz CT molecular complexity index is 932. The van der Waals surface area contributed by atoms with E-state index in [0.717, 1.165) is 23.9 Å². The highest BCUT2D eigenvalue weighted by Crippen LogP contribution is 2.55. The molecule has 0 bridgehead atoms. The zero-order chi connectivity index (χ0) is 18.3. The number of hydrogen-bond donors (Lipinski definition) is 0. The number of rotatable bonds is 4. The summed E-state index contributed by atoms with van der Waals surface area (Å²) in [7, 11) is 2.14. The largest absolute Gasteiger partial charge is 0.356 e. The smallest absolute Gasteiger partial charge is 0.204 e. The molecule has 0 N–H and O–H groups in total. The average molecular weight is 363 g/mol. The van der Waals surface area contributed by atoms with E-state index in [1.54, 1.807) is 18.6 Å². The Labute approximate surface area is 158 Å². The van der Waals surface area contributed by atoms with Crippen LogP contribution in [0.1, 0.15) is 44.9 Å². The van der Waals surface area contributed by atoms with Gasteiger partial charge in [0.1, 0.15) is 5.69 Å². The summed E-state index contributed by atoms with van der Waals surface area (Å²) in [4.78, 5) is 15.4. The molecule has 5 rings (SSSR count). The summed E-state index contributed by atoms with van der Waals surface area (Å²) < 4.78 is 1.96. The zero-order valence-corrected chi connectivity index (χ0v) is 15.8. The molecule has 2 saturated carbocycles. The minimum atomic E-state index is 0.593. The summed E-state index contributed by atoms with van der Waals surface area (Å²) >= 11 is 0. The van der Waals surface area contributed by atoms with Gasteiger partial charge in [-0.2, -0.15) is 0 Å². The normalized spacial score (nSPS) is 21.3. The van der Waals surface area contributed by atoms with Crippen LogP contribution >= 0.6 is 0 Å². The van der Waals surface area contributed by atoms with Crippen molar-refractivity contribution in [2.45, 2.75) is 44.9 Å². The molecule has 0 amide bonds. The quantitative estimate of drug-likeness (QED) is 0.708. The Kier molecular flexibility index (Phi) is 4.02. The van der Waals surface area contributed by atoms with Crippen LogP contribution in [0.15, 0.2) is 31.0 Å². The maximum atomic E-state index is 4.64. The van der Waals surface area contributed by atoms with Crippen molar-refractivity contribution < 1.29 is 0 Å². The van der Waals surface area contributed by atoms with Gasteiger partial charge in [-0.3, -0.25) is 9.38 Å². The number of hydrogen-bond acceptors (Lipinski definition) is 6. The van der Waals surface area contributed by atoms with Gasteiger partial charge in [0.2, 0.25) is 5.65 Å². The molecule has 3 heterocycles. The van der Waals surface area contributed by atoms with Crippen molar-refractivity contribution >= 4 is 11.5 Å². The van der Waals surface area contributed by atoms with E-state index in [1.807, 2.05) is 16.8 Å². The molecule has 7 heteroatoms. The Morgan fingerprint density at radius 2 is 1.96 bits per heavy atom. The van der Waals surface area contributed by atoms with Gasteiger partial charge < -0.3 is 4.90 Å². The Balaban J connectivity index is 1.45. The van der Waals surface area contributed by atoms with Crippen LogP contribution < -0.4 is 4.90 Å². The molecule has 3 aromatic rings. The van der Waals surface area contributed by atoms with Crippen molar-refractivity contribution in [2.75, 3.05) is 18.5 Å². The third-order valence-electron chi connectivity index (χ3n) is 6.65. The third-order valence-corrected chi connectivity index (χ3v) is 6.65. The fourth-order valence-corrected chi connectivity index (χ4v) is 5.04. The van der Waals surface area contributed by atoms with Gasteiger partial charge in [-0.1, -0.05) is 19.3 Å². The van der Waals surface area contributed by atoms with E-state index >= 15 is 0 Å². The molecule has 0 aromatic carbocycles. The zero-order valence-electron chi connectivity index (χ0n) is 15.8. The number of anilines is 1.